The highest BCUT2D eigenvalue weighted by atomic mass is 32.2. The lowest BCUT2D eigenvalue weighted by Crippen LogP contribution is -2.40. The van der Waals surface area contributed by atoms with Gasteiger partial charge in [-0.1, -0.05) is 30.3 Å². The van der Waals surface area contributed by atoms with Crippen molar-refractivity contribution < 1.29 is 30.9 Å². The number of halogens is 2. The molecule has 1 fully saturated rings. The van der Waals surface area contributed by atoms with E-state index in [2.05, 4.69) is 5.32 Å². The summed E-state index contributed by atoms with van der Waals surface area (Å²) in [4.78, 5) is 12.0. The van der Waals surface area contributed by atoms with Gasteiger partial charge in [0.1, 0.15) is 19.0 Å². The topological polar surface area (TPSA) is 81.7 Å². The van der Waals surface area contributed by atoms with Crippen molar-refractivity contribution in [1.82, 2.24) is 5.32 Å². The number of amides is 1. The lowest BCUT2D eigenvalue weighted by atomic mass is 9.99. The third kappa shape index (κ3) is 7.25. The van der Waals surface area contributed by atoms with Gasteiger partial charge in [-0.25, -0.2) is 13.6 Å². The van der Waals surface area contributed by atoms with Crippen molar-refractivity contribution in [2.24, 2.45) is 5.92 Å². The number of alkyl halides is 2. The molecular formula is C17H23F2NO5S. The number of rotatable bonds is 8. The Morgan fingerprint density at radius 3 is 2.42 bits per heavy atom. The van der Waals surface area contributed by atoms with Crippen LogP contribution in [0.2, 0.25) is 0 Å². The van der Waals surface area contributed by atoms with Gasteiger partial charge in [-0.05, 0) is 30.7 Å². The fraction of sp³-hybridized carbons (Fsp3) is 0.588. The Balaban J connectivity index is 1.88. The van der Waals surface area contributed by atoms with Crippen LogP contribution >= 0.6 is 0 Å². The minimum absolute atomic E-state index is 0.0390. The first-order chi connectivity index (χ1) is 12.2. The Kier molecular flexibility index (Phi) is 7.33. The van der Waals surface area contributed by atoms with Crippen LogP contribution in [0.25, 0.3) is 0 Å². The van der Waals surface area contributed by atoms with Crippen molar-refractivity contribution in [3.8, 4) is 0 Å². The smallest absolute Gasteiger partial charge is 0.407 e. The Labute approximate surface area is 152 Å². The highest BCUT2D eigenvalue weighted by molar-refractivity contribution is 7.85. The lowest BCUT2D eigenvalue weighted by Gasteiger charge is -2.21. The molecule has 26 heavy (non-hydrogen) atoms. The van der Waals surface area contributed by atoms with E-state index in [-0.39, 0.29) is 38.4 Å². The normalized spacial score (nSPS) is 24.2. The fourth-order valence-corrected chi connectivity index (χ4v) is 3.34. The number of ether oxygens (including phenoxy) is 1. The van der Waals surface area contributed by atoms with Gasteiger partial charge < -0.3 is 10.1 Å². The van der Waals surface area contributed by atoms with Crippen molar-refractivity contribution in [1.29, 1.82) is 0 Å². The lowest BCUT2D eigenvalue weighted by molar-refractivity contribution is 0.128. The molecule has 1 saturated carbocycles. The summed E-state index contributed by atoms with van der Waals surface area (Å²) in [6.45, 7) is -0.265. The number of hydrogen-bond donors (Lipinski definition) is 1. The van der Waals surface area contributed by atoms with Gasteiger partial charge in [-0.2, -0.15) is 8.42 Å². The van der Waals surface area contributed by atoms with Crippen LogP contribution in [-0.2, 0) is 25.6 Å². The molecule has 0 bridgehead atoms. The summed E-state index contributed by atoms with van der Waals surface area (Å²) in [6, 6.07) is 8.30. The molecule has 0 saturated heterocycles. The molecule has 0 spiro atoms. The molecule has 0 aliphatic heterocycles. The standard InChI is InChI=1S/C17H23F2NO5S/c1-26(22,23)25-11-14(7-13-8-15(18)16(19)9-13)20-17(21)24-10-12-5-3-2-4-6-12/h2-6,13-16H,7-11H2,1H3,(H,20,21)/t13?,14?,15-,16+. The first kappa shape index (κ1) is 20.6. The molecule has 1 aromatic carbocycles. The molecule has 1 aliphatic rings. The minimum atomic E-state index is -3.71. The number of hydrogen-bond acceptors (Lipinski definition) is 5. The van der Waals surface area contributed by atoms with Gasteiger partial charge in [0.2, 0.25) is 0 Å². The summed E-state index contributed by atoms with van der Waals surface area (Å²) in [7, 11) is -3.71. The van der Waals surface area contributed by atoms with Crippen LogP contribution in [0.3, 0.4) is 0 Å². The van der Waals surface area contributed by atoms with Crippen molar-refractivity contribution >= 4 is 16.2 Å². The second kappa shape index (κ2) is 9.27. The molecule has 1 aliphatic carbocycles. The quantitative estimate of drug-likeness (QED) is 0.689. The molecule has 1 aromatic rings. The maximum atomic E-state index is 13.3. The molecular weight excluding hydrogens is 368 g/mol. The van der Waals surface area contributed by atoms with E-state index >= 15 is 0 Å². The van der Waals surface area contributed by atoms with E-state index in [9.17, 15) is 22.0 Å². The zero-order valence-electron chi connectivity index (χ0n) is 14.4. The summed E-state index contributed by atoms with van der Waals surface area (Å²) in [5.74, 6) is -0.303. The van der Waals surface area contributed by atoms with Crippen LogP contribution < -0.4 is 5.32 Å². The molecule has 2 rings (SSSR count). The number of alkyl carbamates (subject to hydrolysis) is 1. The highest BCUT2D eigenvalue weighted by Crippen LogP contribution is 2.33. The van der Waals surface area contributed by atoms with Crippen molar-refractivity contribution in [2.75, 3.05) is 12.9 Å². The van der Waals surface area contributed by atoms with Gasteiger partial charge in [-0.3, -0.25) is 4.18 Å². The molecule has 1 amide bonds. The van der Waals surface area contributed by atoms with E-state index in [0.717, 1.165) is 11.8 Å². The van der Waals surface area contributed by atoms with E-state index in [1.807, 2.05) is 6.07 Å². The highest BCUT2D eigenvalue weighted by Gasteiger charge is 2.36. The predicted molar refractivity (Wildman–Crippen MR) is 91.5 cm³/mol. The van der Waals surface area contributed by atoms with Gasteiger partial charge in [0.25, 0.3) is 10.1 Å². The van der Waals surface area contributed by atoms with Gasteiger partial charge in [0, 0.05) is 0 Å². The van der Waals surface area contributed by atoms with E-state index in [1.54, 1.807) is 24.3 Å². The predicted octanol–water partition coefficient (Wildman–Crippen LogP) is 2.73. The molecule has 6 nitrogen and oxygen atoms in total. The number of carbonyl (C=O) groups is 1. The summed E-state index contributed by atoms with van der Waals surface area (Å²) in [5, 5.41) is 2.52. The maximum absolute atomic E-state index is 13.3. The second-order valence-electron chi connectivity index (χ2n) is 6.50. The Bertz CT molecular complexity index is 676. The Hall–Kier alpha value is -1.74. The summed E-state index contributed by atoms with van der Waals surface area (Å²) in [6.07, 6.45) is -2.63. The third-order valence-electron chi connectivity index (χ3n) is 4.15. The Morgan fingerprint density at radius 2 is 1.85 bits per heavy atom. The number of benzene rings is 1. The second-order valence-corrected chi connectivity index (χ2v) is 8.14. The van der Waals surface area contributed by atoms with E-state index in [0.29, 0.717) is 0 Å². The average molecular weight is 391 g/mol. The van der Waals surface area contributed by atoms with Crippen LogP contribution in [0.4, 0.5) is 13.6 Å². The summed E-state index contributed by atoms with van der Waals surface area (Å²) in [5.41, 5.74) is 0.794. The molecule has 146 valence electrons. The Morgan fingerprint density at radius 1 is 1.23 bits per heavy atom. The van der Waals surface area contributed by atoms with E-state index < -0.39 is 34.6 Å². The van der Waals surface area contributed by atoms with Crippen LogP contribution in [0.1, 0.15) is 24.8 Å². The van der Waals surface area contributed by atoms with E-state index in [4.69, 9.17) is 8.92 Å². The van der Waals surface area contributed by atoms with Gasteiger partial charge in [0.05, 0.1) is 18.9 Å². The molecule has 2 unspecified atom stereocenters. The minimum Gasteiger partial charge on any atom is -0.445 e. The molecule has 0 radical (unpaired) electrons. The van der Waals surface area contributed by atoms with E-state index in [1.165, 1.54) is 0 Å². The SMILES string of the molecule is CS(=O)(=O)OCC(CC1C[C@@H](F)[C@@H](F)C1)NC(=O)OCc1ccccc1. The summed E-state index contributed by atoms with van der Waals surface area (Å²) >= 11 is 0. The van der Waals surface area contributed by atoms with Crippen LogP contribution in [0.15, 0.2) is 30.3 Å². The van der Waals surface area contributed by atoms with Crippen LogP contribution in [-0.4, -0.2) is 45.8 Å². The molecule has 1 N–H and O–H groups in total. The third-order valence-corrected chi connectivity index (χ3v) is 4.71. The molecule has 0 aromatic heterocycles. The first-order valence-corrected chi connectivity index (χ1v) is 10.1. The first-order valence-electron chi connectivity index (χ1n) is 8.32. The largest absolute Gasteiger partial charge is 0.445 e. The number of nitrogens with one attached hydrogen (secondary N) is 1. The van der Waals surface area contributed by atoms with Gasteiger partial charge >= 0.3 is 6.09 Å². The molecule has 9 heteroatoms. The van der Waals surface area contributed by atoms with Gasteiger partial charge in [0.15, 0.2) is 0 Å². The molecule has 0 heterocycles. The zero-order valence-corrected chi connectivity index (χ0v) is 15.3. The van der Waals surface area contributed by atoms with Crippen molar-refractivity contribution in [3.05, 3.63) is 35.9 Å². The van der Waals surface area contributed by atoms with Crippen molar-refractivity contribution in [3.63, 3.8) is 0 Å². The fourth-order valence-electron chi connectivity index (χ4n) is 2.93. The zero-order chi connectivity index (χ0) is 19.2. The monoisotopic (exact) mass is 391 g/mol. The maximum Gasteiger partial charge on any atom is 0.407 e. The average Bonchev–Trinajstić information content (AvgIpc) is 2.89. The van der Waals surface area contributed by atoms with Crippen LogP contribution in [0, 0.1) is 5.92 Å². The number of carbonyl (C=O) groups excluding carboxylic acids is 1. The van der Waals surface area contributed by atoms with Crippen LogP contribution in [0.5, 0.6) is 0 Å². The molecule has 4 atom stereocenters. The summed E-state index contributed by atoms with van der Waals surface area (Å²) < 4.78 is 58.9. The van der Waals surface area contributed by atoms with Gasteiger partial charge in [-0.15, -0.1) is 0 Å². The van der Waals surface area contributed by atoms with Crippen molar-refractivity contribution in [2.45, 2.75) is 44.3 Å².